The summed E-state index contributed by atoms with van der Waals surface area (Å²) in [5.74, 6) is 1.02. The molecule has 0 amide bonds. The van der Waals surface area contributed by atoms with E-state index >= 15 is 0 Å². The third-order valence-electron chi connectivity index (χ3n) is 2.39. The van der Waals surface area contributed by atoms with E-state index in [1.54, 1.807) is 18.1 Å². The summed E-state index contributed by atoms with van der Waals surface area (Å²) >= 11 is 3.15. The minimum absolute atomic E-state index is 0.151. The molecule has 0 fully saturated rings. The maximum absolute atomic E-state index is 9.18. The second-order valence-electron chi connectivity index (χ2n) is 3.63. The molecule has 1 heterocycles. The van der Waals surface area contributed by atoms with Crippen LogP contribution >= 0.6 is 23.3 Å². The smallest absolute Gasteiger partial charge is 0.169 e. The van der Waals surface area contributed by atoms with E-state index in [9.17, 15) is 5.11 Å². The molecule has 0 spiro atoms. The Morgan fingerprint density at radius 3 is 3.00 bits per heavy atom. The van der Waals surface area contributed by atoms with Gasteiger partial charge >= 0.3 is 0 Å². The van der Waals surface area contributed by atoms with Gasteiger partial charge in [0.05, 0.1) is 6.61 Å². The molecule has 2 N–H and O–H groups in total. The Hall–Kier alpha value is -0.170. The monoisotopic (exact) mass is 247 g/mol. The van der Waals surface area contributed by atoms with E-state index in [0.29, 0.717) is 0 Å². The van der Waals surface area contributed by atoms with Crippen molar-refractivity contribution >= 4 is 23.3 Å². The van der Waals surface area contributed by atoms with Gasteiger partial charge in [0.15, 0.2) is 4.34 Å². The summed E-state index contributed by atoms with van der Waals surface area (Å²) < 4.78 is 4.96. The highest BCUT2D eigenvalue weighted by atomic mass is 32.2. The first-order valence-corrected chi connectivity index (χ1v) is 6.65. The number of aliphatic hydroxyl groups is 1. The lowest BCUT2D eigenvalue weighted by molar-refractivity contribution is 0.173. The zero-order valence-electron chi connectivity index (χ0n) is 9.06. The van der Waals surface area contributed by atoms with Gasteiger partial charge in [0.25, 0.3) is 0 Å². The van der Waals surface area contributed by atoms with Gasteiger partial charge in [-0.2, -0.15) is 4.37 Å². The number of rotatable bonds is 7. The van der Waals surface area contributed by atoms with E-state index in [-0.39, 0.29) is 12.1 Å². The molecule has 0 aliphatic carbocycles. The second-order valence-corrected chi connectivity index (χ2v) is 5.75. The van der Waals surface area contributed by atoms with Crippen molar-refractivity contribution in [3.05, 3.63) is 6.33 Å². The van der Waals surface area contributed by atoms with Gasteiger partial charge in [-0.3, -0.25) is 0 Å². The van der Waals surface area contributed by atoms with Gasteiger partial charge in [0.1, 0.15) is 6.33 Å². The molecule has 0 aromatic carbocycles. The SMILES string of the molecule is CNC(C)(CO)CCCSc1ncns1. The van der Waals surface area contributed by atoms with Crippen LogP contribution in [0.25, 0.3) is 0 Å². The second kappa shape index (κ2) is 6.42. The predicted octanol–water partition coefficient (Wildman–Crippen LogP) is 1.38. The van der Waals surface area contributed by atoms with Crippen LogP contribution in [-0.2, 0) is 0 Å². The number of hydrogen-bond donors (Lipinski definition) is 2. The summed E-state index contributed by atoms with van der Waals surface area (Å²) in [6.07, 6.45) is 3.60. The summed E-state index contributed by atoms with van der Waals surface area (Å²) in [5.41, 5.74) is -0.151. The van der Waals surface area contributed by atoms with Gasteiger partial charge in [-0.1, -0.05) is 11.8 Å². The van der Waals surface area contributed by atoms with Crippen LogP contribution in [-0.4, -0.2) is 39.4 Å². The van der Waals surface area contributed by atoms with Crippen molar-refractivity contribution in [3.8, 4) is 0 Å². The van der Waals surface area contributed by atoms with Gasteiger partial charge in [-0.05, 0) is 38.3 Å². The lowest BCUT2D eigenvalue weighted by atomic mass is 9.98. The summed E-state index contributed by atoms with van der Waals surface area (Å²) in [5, 5.41) is 12.3. The molecule has 0 saturated carbocycles. The van der Waals surface area contributed by atoms with E-state index in [4.69, 9.17) is 0 Å². The Morgan fingerprint density at radius 1 is 1.67 bits per heavy atom. The highest BCUT2D eigenvalue weighted by Gasteiger charge is 2.19. The standard InChI is InChI=1S/C9H17N3OS2/c1-9(6-13,10-2)4-3-5-14-8-11-7-12-15-8/h7,10,13H,3-6H2,1-2H3. The maximum atomic E-state index is 9.18. The van der Waals surface area contributed by atoms with Crippen molar-refractivity contribution < 1.29 is 5.11 Å². The van der Waals surface area contributed by atoms with E-state index in [0.717, 1.165) is 22.9 Å². The molecule has 6 heteroatoms. The van der Waals surface area contributed by atoms with Gasteiger partial charge in [-0.25, -0.2) is 4.98 Å². The van der Waals surface area contributed by atoms with Crippen LogP contribution in [0.4, 0.5) is 0 Å². The number of hydrogen-bond acceptors (Lipinski definition) is 6. The van der Waals surface area contributed by atoms with E-state index in [2.05, 4.69) is 14.7 Å². The Labute approximate surface area is 98.7 Å². The third kappa shape index (κ3) is 4.46. The van der Waals surface area contributed by atoms with Crippen LogP contribution in [0.2, 0.25) is 0 Å². The highest BCUT2D eigenvalue weighted by Crippen LogP contribution is 2.21. The number of likely N-dealkylation sites (N-methyl/N-ethyl adjacent to an activating group) is 1. The molecule has 0 aliphatic rings. The molecule has 15 heavy (non-hydrogen) atoms. The number of nitrogens with one attached hydrogen (secondary N) is 1. The van der Waals surface area contributed by atoms with E-state index in [1.807, 2.05) is 14.0 Å². The van der Waals surface area contributed by atoms with E-state index < -0.39 is 0 Å². The molecule has 1 rings (SSSR count). The molecular formula is C9H17N3OS2. The average molecular weight is 247 g/mol. The number of aromatic nitrogens is 2. The van der Waals surface area contributed by atoms with Crippen molar-refractivity contribution in [2.24, 2.45) is 0 Å². The fraction of sp³-hybridized carbons (Fsp3) is 0.778. The van der Waals surface area contributed by atoms with Crippen molar-refractivity contribution in [2.45, 2.75) is 29.6 Å². The quantitative estimate of drug-likeness (QED) is 0.563. The molecule has 0 radical (unpaired) electrons. The van der Waals surface area contributed by atoms with Crippen LogP contribution in [0.3, 0.4) is 0 Å². The Morgan fingerprint density at radius 2 is 2.47 bits per heavy atom. The van der Waals surface area contributed by atoms with Crippen molar-refractivity contribution in [3.63, 3.8) is 0 Å². The average Bonchev–Trinajstić information content (AvgIpc) is 2.77. The minimum atomic E-state index is -0.151. The van der Waals surface area contributed by atoms with Crippen molar-refractivity contribution in [1.29, 1.82) is 0 Å². The number of thioether (sulfide) groups is 1. The zero-order valence-corrected chi connectivity index (χ0v) is 10.7. The normalized spacial score (nSPS) is 15.1. The first kappa shape index (κ1) is 12.9. The first-order chi connectivity index (χ1) is 7.20. The molecule has 1 aromatic rings. The fourth-order valence-electron chi connectivity index (χ4n) is 1.13. The lowest BCUT2D eigenvalue weighted by Crippen LogP contribution is -2.43. The molecule has 1 unspecified atom stereocenters. The molecule has 1 atom stereocenters. The summed E-state index contributed by atoms with van der Waals surface area (Å²) in [7, 11) is 1.88. The van der Waals surface area contributed by atoms with Crippen LogP contribution in [0.5, 0.6) is 0 Å². The molecule has 4 nitrogen and oxygen atoms in total. The lowest BCUT2D eigenvalue weighted by Gasteiger charge is -2.26. The Bertz CT molecular complexity index is 262. The highest BCUT2D eigenvalue weighted by molar-refractivity contribution is 8.00. The van der Waals surface area contributed by atoms with Crippen LogP contribution in [0.15, 0.2) is 10.7 Å². The molecule has 0 aliphatic heterocycles. The Balaban J connectivity index is 2.16. The number of aliphatic hydroxyl groups excluding tert-OH is 1. The summed E-state index contributed by atoms with van der Waals surface area (Å²) in [4.78, 5) is 4.10. The van der Waals surface area contributed by atoms with Crippen molar-refractivity contribution in [2.75, 3.05) is 19.4 Å². The molecule has 86 valence electrons. The fourth-order valence-corrected chi connectivity index (χ4v) is 2.59. The Kier molecular flexibility index (Phi) is 5.52. The molecule has 0 bridgehead atoms. The van der Waals surface area contributed by atoms with Gasteiger partial charge in [0, 0.05) is 11.3 Å². The number of nitrogens with zero attached hydrogens (tertiary/aromatic N) is 2. The van der Waals surface area contributed by atoms with Crippen molar-refractivity contribution in [1.82, 2.24) is 14.7 Å². The zero-order chi connectivity index (χ0) is 11.1. The molecule has 1 aromatic heterocycles. The predicted molar refractivity (Wildman–Crippen MR) is 64.4 cm³/mol. The van der Waals surface area contributed by atoms with E-state index in [1.165, 1.54) is 11.5 Å². The molecular weight excluding hydrogens is 230 g/mol. The van der Waals surface area contributed by atoms with Gasteiger partial charge in [0.2, 0.25) is 0 Å². The maximum Gasteiger partial charge on any atom is 0.169 e. The van der Waals surface area contributed by atoms with Gasteiger partial charge in [-0.15, -0.1) is 0 Å². The summed E-state index contributed by atoms with van der Waals surface area (Å²) in [6.45, 7) is 2.20. The first-order valence-electron chi connectivity index (χ1n) is 4.89. The third-order valence-corrected chi connectivity index (χ3v) is 4.28. The minimum Gasteiger partial charge on any atom is -0.394 e. The van der Waals surface area contributed by atoms with Crippen LogP contribution in [0, 0.1) is 0 Å². The van der Waals surface area contributed by atoms with Crippen LogP contribution < -0.4 is 5.32 Å². The van der Waals surface area contributed by atoms with Crippen LogP contribution in [0.1, 0.15) is 19.8 Å². The summed E-state index contributed by atoms with van der Waals surface area (Å²) in [6, 6.07) is 0. The molecule has 0 saturated heterocycles. The van der Waals surface area contributed by atoms with Gasteiger partial charge < -0.3 is 10.4 Å². The topological polar surface area (TPSA) is 58.0 Å². The largest absolute Gasteiger partial charge is 0.394 e.